The molecule has 0 heterocycles. The lowest BCUT2D eigenvalue weighted by Gasteiger charge is -2.29. The lowest BCUT2D eigenvalue weighted by molar-refractivity contribution is -0.156. The van der Waals surface area contributed by atoms with Crippen LogP contribution in [0.5, 0.6) is 0 Å². The number of fused-ring (bicyclic) bond motifs is 3. The van der Waals surface area contributed by atoms with E-state index in [-0.39, 0.29) is 30.8 Å². The molecule has 0 spiro atoms. The van der Waals surface area contributed by atoms with Gasteiger partial charge in [0.25, 0.3) is 0 Å². The van der Waals surface area contributed by atoms with Gasteiger partial charge in [-0.25, -0.2) is 9.59 Å². The standard InChI is InChI=1S/C38H51N3O8/c1-23(2)19-32(36(45)46)40-35(44)31(21-33(42)49-38(3,4)5)39-34(43)30(20-24-13-7-6-8-14-24)41-37(47)48-22-29-27-17-11-9-15-25(27)26-16-10-12-18-28(26)29/h9-12,15-18,23-24,29-32H,6-8,13-14,19-22H2,1-5H3,(H,39,43)(H,40,44)(H,41,47)(H,45,46)/t30-,31+,32?/m1/s1. The molecule has 3 amide bonds. The van der Waals surface area contributed by atoms with E-state index >= 15 is 0 Å². The number of hydrogen-bond acceptors (Lipinski definition) is 7. The summed E-state index contributed by atoms with van der Waals surface area (Å²) in [6.45, 7) is 8.76. The van der Waals surface area contributed by atoms with Crippen molar-refractivity contribution in [3.8, 4) is 11.1 Å². The second-order valence-electron chi connectivity index (χ2n) is 14.6. The number of carboxylic acid groups (broad SMARTS) is 1. The Balaban J connectivity index is 1.50. The van der Waals surface area contributed by atoms with Crippen LogP contribution in [-0.2, 0) is 28.7 Å². The van der Waals surface area contributed by atoms with Gasteiger partial charge in [-0.05, 0) is 67.7 Å². The Hall–Kier alpha value is -4.41. The van der Waals surface area contributed by atoms with Crippen molar-refractivity contribution >= 4 is 29.8 Å². The summed E-state index contributed by atoms with van der Waals surface area (Å²) in [4.78, 5) is 65.4. The maximum Gasteiger partial charge on any atom is 0.407 e. The molecule has 1 saturated carbocycles. The van der Waals surface area contributed by atoms with Gasteiger partial charge >= 0.3 is 18.0 Å². The molecule has 0 bridgehead atoms. The van der Waals surface area contributed by atoms with Gasteiger partial charge in [0.2, 0.25) is 11.8 Å². The number of amides is 3. The molecule has 4 N–H and O–H groups in total. The van der Waals surface area contributed by atoms with E-state index < -0.39 is 60.0 Å². The maximum absolute atomic E-state index is 13.9. The molecule has 0 radical (unpaired) electrons. The molecule has 266 valence electrons. The van der Waals surface area contributed by atoms with E-state index in [4.69, 9.17) is 9.47 Å². The summed E-state index contributed by atoms with van der Waals surface area (Å²) < 4.78 is 11.2. The van der Waals surface area contributed by atoms with Gasteiger partial charge in [-0.3, -0.25) is 14.4 Å². The zero-order valence-corrected chi connectivity index (χ0v) is 29.3. The highest BCUT2D eigenvalue weighted by Gasteiger charge is 2.35. The van der Waals surface area contributed by atoms with Crippen molar-refractivity contribution in [2.75, 3.05) is 6.61 Å². The second kappa shape index (κ2) is 16.8. The Morgan fingerprint density at radius 2 is 1.35 bits per heavy atom. The topological polar surface area (TPSA) is 160 Å². The molecule has 0 aliphatic heterocycles. The number of benzene rings is 2. The fraction of sp³-hybridized carbons (Fsp3) is 0.553. The van der Waals surface area contributed by atoms with E-state index in [1.54, 1.807) is 20.8 Å². The molecular weight excluding hydrogens is 626 g/mol. The monoisotopic (exact) mass is 677 g/mol. The number of aliphatic carboxylic acids is 1. The summed E-state index contributed by atoms with van der Waals surface area (Å²) in [5.74, 6) is -3.50. The summed E-state index contributed by atoms with van der Waals surface area (Å²) in [6, 6.07) is 12.3. The van der Waals surface area contributed by atoms with Crippen molar-refractivity contribution in [3.05, 3.63) is 59.7 Å². The fourth-order valence-electron chi connectivity index (χ4n) is 6.77. The molecule has 4 rings (SSSR count). The van der Waals surface area contributed by atoms with Crippen molar-refractivity contribution in [2.24, 2.45) is 11.8 Å². The lowest BCUT2D eigenvalue weighted by Crippen LogP contribution is -2.57. The molecule has 2 aliphatic carbocycles. The third-order valence-corrected chi connectivity index (χ3v) is 8.99. The predicted octanol–water partition coefficient (Wildman–Crippen LogP) is 5.70. The number of carbonyl (C=O) groups excluding carboxylic acids is 4. The molecule has 3 atom stereocenters. The first-order valence-corrected chi connectivity index (χ1v) is 17.4. The van der Waals surface area contributed by atoms with Crippen LogP contribution in [0, 0.1) is 11.8 Å². The maximum atomic E-state index is 13.9. The lowest BCUT2D eigenvalue weighted by atomic mass is 9.84. The van der Waals surface area contributed by atoms with Crippen LogP contribution in [0.15, 0.2) is 48.5 Å². The number of nitrogens with one attached hydrogen (secondary N) is 3. The second-order valence-corrected chi connectivity index (χ2v) is 14.6. The van der Waals surface area contributed by atoms with E-state index in [1.165, 1.54) is 0 Å². The van der Waals surface area contributed by atoms with Crippen LogP contribution in [-0.4, -0.2) is 65.3 Å². The number of carboxylic acids is 1. The normalized spacial score (nSPS) is 16.4. The first-order chi connectivity index (χ1) is 23.2. The van der Waals surface area contributed by atoms with Gasteiger partial charge in [0.05, 0.1) is 6.42 Å². The minimum Gasteiger partial charge on any atom is -0.480 e. The molecule has 2 aromatic carbocycles. The molecule has 1 fully saturated rings. The zero-order valence-electron chi connectivity index (χ0n) is 29.3. The average Bonchev–Trinajstić information content (AvgIpc) is 3.35. The average molecular weight is 678 g/mol. The minimum atomic E-state index is -1.44. The van der Waals surface area contributed by atoms with Crippen LogP contribution >= 0.6 is 0 Å². The van der Waals surface area contributed by atoms with Crippen LogP contribution in [0.25, 0.3) is 11.1 Å². The Kier molecular flexibility index (Phi) is 12.8. The van der Waals surface area contributed by atoms with Gasteiger partial charge in [0.1, 0.15) is 30.3 Å². The van der Waals surface area contributed by atoms with Crippen LogP contribution in [0.1, 0.15) is 103 Å². The number of carbonyl (C=O) groups is 5. The Morgan fingerprint density at radius 1 is 0.796 bits per heavy atom. The highest BCUT2D eigenvalue weighted by molar-refractivity contribution is 5.95. The van der Waals surface area contributed by atoms with Gasteiger partial charge in [0, 0.05) is 5.92 Å². The van der Waals surface area contributed by atoms with E-state index in [9.17, 15) is 29.1 Å². The van der Waals surface area contributed by atoms with E-state index in [2.05, 4.69) is 16.0 Å². The Labute approximate surface area is 288 Å². The van der Waals surface area contributed by atoms with E-state index in [0.29, 0.717) is 6.42 Å². The van der Waals surface area contributed by atoms with Gasteiger partial charge in [-0.15, -0.1) is 0 Å². The van der Waals surface area contributed by atoms with Crippen LogP contribution in [0.4, 0.5) is 4.79 Å². The van der Waals surface area contributed by atoms with Gasteiger partial charge in [0.15, 0.2) is 0 Å². The molecule has 11 heteroatoms. The fourth-order valence-corrected chi connectivity index (χ4v) is 6.77. The number of esters is 1. The third-order valence-electron chi connectivity index (χ3n) is 8.99. The SMILES string of the molecule is CC(C)CC(NC(=O)[C@H](CC(=O)OC(C)(C)C)NC(=O)[C@@H](CC1CCCCC1)NC(=O)OCC1c2ccccc2-c2ccccc21)C(=O)O. The van der Waals surface area contributed by atoms with Crippen LogP contribution < -0.4 is 16.0 Å². The minimum absolute atomic E-state index is 0.0402. The smallest absolute Gasteiger partial charge is 0.407 e. The molecular formula is C38H51N3O8. The van der Waals surface area contributed by atoms with Gasteiger partial charge < -0.3 is 30.5 Å². The Morgan fingerprint density at radius 3 is 1.90 bits per heavy atom. The molecule has 2 aliphatic rings. The highest BCUT2D eigenvalue weighted by Crippen LogP contribution is 2.44. The van der Waals surface area contributed by atoms with Crippen molar-refractivity contribution in [1.82, 2.24) is 16.0 Å². The molecule has 1 unspecified atom stereocenters. The molecule has 2 aromatic rings. The van der Waals surface area contributed by atoms with Crippen molar-refractivity contribution in [1.29, 1.82) is 0 Å². The number of ether oxygens (including phenoxy) is 2. The highest BCUT2D eigenvalue weighted by atomic mass is 16.6. The molecule has 0 aromatic heterocycles. The first-order valence-electron chi connectivity index (χ1n) is 17.4. The van der Waals surface area contributed by atoms with E-state index in [0.717, 1.165) is 54.4 Å². The summed E-state index contributed by atoms with van der Waals surface area (Å²) >= 11 is 0. The summed E-state index contributed by atoms with van der Waals surface area (Å²) in [5, 5.41) is 17.6. The third kappa shape index (κ3) is 10.8. The molecule has 11 nitrogen and oxygen atoms in total. The Bertz CT molecular complexity index is 1450. The van der Waals surface area contributed by atoms with Crippen molar-refractivity contribution in [3.63, 3.8) is 0 Å². The zero-order chi connectivity index (χ0) is 35.7. The van der Waals surface area contributed by atoms with Crippen molar-refractivity contribution in [2.45, 2.75) is 116 Å². The van der Waals surface area contributed by atoms with Gasteiger partial charge in [-0.1, -0.05) is 94.5 Å². The van der Waals surface area contributed by atoms with Crippen LogP contribution in [0.2, 0.25) is 0 Å². The molecule has 49 heavy (non-hydrogen) atoms. The van der Waals surface area contributed by atoms with Crippen LogP contribution in [0.3, 0.4) is 0 Å². The van der Waals surface area contributed by atoms with Gasteiger partial charge in [-0.2, -0.15) is 0 Å². The van der Waals surface area contributed by atoms with E-state index in [1.807, 2.05) is 62.4 Å². The molecule has 0 saturated heterocycles. The number of hydrogen-bond donors (Lipinski definition) is 4. The summed E-state index contributed by atoms with van der Waals surface area (Å²) in [7, 11) is 0. The quantitative estimate of drug-likeness (QED) is 0.185. The number of alkyl carbamates (subject to hydrolysis) is 1. The summed E-state index contributed by atoms with van der Waals surface area (Å²) in [5.41, 5.74) is 3.45. The predicted molar refractivity (Wildman–Crippen MR) is 185 cm³/mol. The summed E-state index contributed by atoms with van der Waals surface area (Å²) in [6.07, 6.45) is 4.11. The van der Waals surface area contributed by atoms with Crippen molar-refractivity contribution < 1.29 is 38.6 Å². The largest absolute Gasteiger partial charge is 0.480 e. The number of rotatable bonds is 14. The first kappa shape index (κ1) is 37.4.